The fourth-order valence-electron chi connectivity index (χ4n) is 2.16. The van der Waals surface area contributed by atoms with E-state index in [4.69, 9.17) is 4.42 Å². The summed E-state index contributed by atoms with van der Waals surface area (Å²) < 4.78 is 5.71. The van der Waals surface area contributed by atoms with Crippen LogP contribution < -0.4 is 0 Å². The SMILES string of the molecule is CCC(O)C(=O)c1ccc2nc(-c3ccccc3)oc2c1. The van der Waals surface area contributed by atoms with Crippen LogP contribution in [0.15, 0.2) is 52.9 Å². The van der Waals surface area contributed by atoms with E-state index in [0.717, 1.165) is 5.56 Å². The minimum atomic E-state index is -0.973. The summed E-state index contributed by atoms with van der Waals surface area (Å²) in [4.78, 5) is 16.4. The number of carbonyl (C=O) groups is 1. The molecule has 0 aliphatic carbocycles. The first-order chi connectivity index (χ1) is 10.2. The molecular weight excluding hydrogens is 266 g/mol. The Labute approximate surface area is 122 Å². The molecule has 0 amide bonds. The number of rotatable bonds is 4. The number of oxazole rings is 1. The van der Waals surface area contributed by atoms with Gasteiger partial charge < -0.3 is 9.52 Å². The van der Waals surface area contributed by atoms with Crippen molar-refractivity contribution in [2.45, 2.75) is 19.4 Å². The number of Topliss-reactive ketones (excluding diaryl/α,β-unsaturated/α-hetero) is 1. The number of fused-ring (bicyclic) bond motifs is 1. The van der Waals surface area contributed by atoms with Gasteiger partial charge in [0.05, 0.1) is 0 Å². The highest BCUT2D eigenvalue weighted by molar-refractivity contribution is 6.01. The van der Waals surface area contributed by atoms with Crippen molar-refractivity contribution < 1.29 is 14.3 Å². The van der Waals surface area contributed by atoms with Crippen molar-refractivity contribution >= 4 is 16.9 Å². The molecule has 0 fully saturated rings. The summed E-state index contributed by atoms with van der Waals surface area (Å²) >= 11 is 0. The number of ketones is 1. The molecule has 0 saturated heterocycles. The van der Waals surface area contributed by atoms with Gasteiger partial charge in [0.1, 0.15) is 11.6 Å². The number of aromatic nitrogens is 1. The zero-order valence-corrected chi connectivity index (χ0v) is 11.6. The molecule has 2 aromatic carbocycles. The third-order valence-corrected chi connectivity index (χ3v) is 3.38. The summed E-state index contributed by atoms with van der Waals surface area (Å²) in [6.07, 6.45) is -0.582. The molecule has 106 valence electrons. The second kappa shape index (κ2) is 5.50. The molecule has 21 heavy (non-hydrogen) atoms. The fourth-order valence-corrected chi connectivity index (χ4v) is 2.16. The highest BCUT2D eigenvalue weighted by atomic mass is 16.3. The van der Waals surface area contributed by atoms with Gasteiger partial charge in [-0.15, -0.1) is 0 Å². The lowest BCUT2D eigenvalue weighted by molar-refractivity contribution is 0.0741. The van der Waals surface area contributed by atoms with Crippen LogP contribution in [0.2, 0.25) is 0 Å². The summed E-state index contributed by atoms with van der Waals surface area (Å²) in [7, 11) is 0. The van der Waals surface area contributed by atoms with Gasteiger partial charge in [0, 0.05) is 11.1 Å². The molecule has 4 heteroatoms. The Morgan fingerprint density at radius 3 is 2.71 bits per heavy atom. The average molecular weight is 281 g/mol. The normalized spacial score (nSPS) is 12.5. The maximum absolute atomic E-state index is 12.0. The number of carbonyl (C=O) groups excluding carboxylic acids is 1. The highest BCUT2D eigenvalue weighted by Crippen LogP contribution is 2.25. The third kappa shape index (κ3) is 2.58. The minimum Gasteiger partial charge on any atom is -0.436 e. The zero-order valence-electron chi connectivity index (χ0n) is 11.6. The van der Waals surface area contributed by atoms with Gasteiger partial charge in [-0.25, -0.2) is 4.98 Å². The van der Waals surface area contributed by atoms with Crippen molar-refractivity contribution in [1.29, 1.82) is 0 Å². The zero-order chi connectivity index (χ0) is 14.8. The van der Waals surface area contributed by atoms with E-state index in [9.17, 15) is 9.90 Å². The van der Waals surface area contributed by atoms with E-state index < -0.39 is 6.10 Å². The Kier molecular flexibility index (Phi) is 3.54. The van der Waals surface area contributed by atoms with Crippen LogP contribution in [0, 0.1) is 0 Å². The molecule has 3 aromatic rings. The smallest absolute Gasteiger partial charge is 0.227 e. The molecule has 1 aromatic heterocycles. The first-order valence-corrected chi connectivity index (χ1v) is 6.87. The van der Waals surface area contributed by atoms with E-state index in [1.165, 1.54) is 0 Å². The Hall–Kier alpha value is -2.46. The van der Waals surface area contributed by atoms with E-state index in [1.54, 1.807) is 25.1 Å². The lowest BCUT2D eigenvalue weighted by Crippen LogP contribution is -2.18. The minimum absolute atomic E-state index is 0.294. The van der Waals surface area contributed by atoms with Crippen LogP contribution in [0.3, 0.4) is 0 Å². The van der Waals surface area contributed by atoms with Crippen LogP contribution >= 0.6 is 0 Å². The highest BCUT2D eigenvalue weighted by Gasteiger charge is 2.17. The molecule has 1 unspecified atom stereocenters. The second-order valence-electron chi connectivity index (χ2n) is 4.86. The predicted octanol–water partition coefficient (Wildman–Crippen LogP) is 3.45. The average Bonchev–Trinajstić information content (AvgIpc) is 2.97. The number of aliphatic hydroxyl groups excluding tert-OH is 1. The summed E-state index contributed by atoms with van der Waals surface area (Å²) in [5.41, 5.74) is 2.56. The van der Waals surface area contributed by atoms with Gasteiger partial charge >= 0.3 is 0 Å². The molecule has 0 aliphatic rings. The van der Waals surface area contributed by atoms with Gasteiger partial charge in [-0.3, -0.25) is 4.79 Å². The van der Waals surface area contributed by atoms with Crippen LogP contribution in [-0.2, 0) is 0 Å². The summed E-state index contributed by atoms with van der Waals surface area (Å²) in [5.74, 6) is 0.225. The first-order valence-electron chi connectivity index (χ1n) is 6.87. The molecule has 0 spiro atoms. The lowest BCUT2D eigenvalue weighted by atomic mass is 10.0. The predicted molar refractivity (Wildman–Crippen MR) is 80.1 cm³/mol. The summed E-state index contributed by atoms with van der Waals surface area (Å²) in [6.45, 7) is 1.77. The van der Waals surface area contributed by atoms with Gasteiger partial charge in [0.2, 0.25) is 5.89 Å². The molecule has 0 aliphatic heterocycles. The lowest BCUT2D eigenvalue weighted by Gasteiger charge is -2.05. The number of nitrogens with zero attached hydrogens (tertiary/aromatic N) is 1. The van der Waals surface area contributed by atoms with Crippen molar-refractivity contribution in [3.63, 3.8) is 0 Å². The van der Waals surface area contributed by atoms with Crippen LogP contribution in [0.25, 0.3) is 22.6 Å². The topological polar surface area (TPSA) is 63.3 Å². The number of aliphatic hydroxyl groups is 1. The Morgan fingerprint density at radius 2 is 2.00 bits per heavy atom. The Bertz CT molecular complexity index is 777. The van der Waals surface area contributed by atoms with Crippen molar-refractivity contribution in [2.24, 2.45) is 0 Å². The van der Waals surface area contributed by atoms with Gasteiger partial charge in [-0.2, -0.15) is 0 Å². The largest absolute Gasteiger partial charge is 0.436 e. The number of hydrogen-bond donors (Lipinski definition) is 1. The molecule has 0 bridgehead atoms. The number of hydrogen-bond acceptors (Lipinski definition) is 4. The van der Waals surface area contributed by atoms with Gasteiger partial charge in [-0.05, 0) is 36.8 Å². The first kappa shape index (κ1) is 13.5. The molecule has 1 heterocycles. The molecule has 1 atom stereocenters. The quantitative estimate of drug-likeness (QED) is 0.744. The maximum atomic E-state index is 12.0. The summed E-state index contributed by atoms with van der Waals surface area (Å²) in [5, 5.41) is 9.64. The van der Waals surface area contributed by atoms with Crippen LogP contribution in [0.4, 0.5) is 0 Å². The number of benzene rings is 2. The molecule has 3 rings (SSSR count). The van der Waals surface area contributed by atoms with Crippen LogP contribution in [-0.4, -0.2) is 22.0 Å². The fraction of sp³-hybridized carbons (Fsp3) is 0.176. The molecule has 0 saturated carbocycles. The molecule has 4 nitrogen and oxygen atoms in total. The van der Waals surface area contributed by atoms with Crippen molar-refractivity contribution in [3.05, 3.63) is 54.1 Å². The van der Waals surface area contributed by atoms with Crippen LogP contribution in [0.5, 0.6) is 0 Å². The van der Waals surface area contributed by atoms with E-state index in [2.05, 4.69) is 4.98 Å². The second-order valence-corrected chi connectivity index (χ2v) is 4.86. The van der Waals surface area contributed by atoms with Crippen molar-refractivity contribution in [1.82, 2.24) is 4.98 Å². The van der Waals surface area contributed by atoms with E-state index in [0.29, 0.717) is 29.0 Å². The third-order valence-electron chi connectivity index (χ3n) is 3.38. The van der Waals surface area contributed by atoms with E-state index in [-0.39, 0.29) is 5.78 Å². The summed E-state index contributed by atoms with van der Waals surface area (Å²) in [6, 6.07) is 14.6. The molecule has 0 radical (unpaired) electrons. The maximum Gasteiger partial charge on any atom is 0.227 e. The van der Waals surface area contributed by atoms with Gasteiger partial charge in [-0.1, -0.05) is 25.1 Å². The van der Waals surface area contributed by atoms with Gasteiger partial charge in [0.15, 0.2) is 11.4 Å². The molecule has 1 N–H and O–H groups in total. The van der Waals surface area contributed by atoms with E-state index >= 15 is 0 Å². The molecular formula is C17H15NO3. The van der Waals surface area contributed by atoms with E-state index in [1.807, 2.05) is 30.3 Å². The Balaban J connectivity index is 2.01. The van der Waals surface area contributed by atoms with Crippen molar-refractivity contribution in [3.8, 4) is 11.5 Å². The van der Waals surface area contributed by atoms with Crippen molar-refractivity contribution in [2.75, 3.05) is 0 Å². The monoisotopic (exact) mass is 281 g/mol. The van der Waals surface area contributed by atoms with Gasteiger partial charge in [0.25, 0.3) is 0 Å². The Morgan fingerprint density at radius 1 is 1.24 bits per heavy atom. The standard InChI is InChI=1S/C17H15NO3/c1-2-14(19)16(20)12-8-9-13-15(10-12)21-17(18-13)11-6-4-3-5-7-11/h3-10,14,19H,2H2,1H3. The van der Waals surface area contributed by atoms with Crippen LogP contribution in [0.1, 0.15) is 23.7 Å².